The summed E-state index contributed by atoms with van der Waals surface area (Å²) in [6, 6.07) is 11.5. The van der Waals surface area contributed by atoms with Crippen LogP contribution in [0.4, 0.5) is 5.82 Å². The summed E-state index contributed by atoms with van der Waals surface area (Å²) in [6.07, 6.45) is 7.80. The van der Waals surface area contributed by atoms with Crippen LogP contribution in [0.2, 0.25) is 5.02 Å². The van der Waals surface area contributed by atoms with Crippen molar-refractivity contribution >= 4 is 40.5 Å². The zero-order chi connectivity index (χ0) is 22.3. The van der Waals surface area contributed by atoms with Crippen molar-refractivity contribution in [3.05, 3.63) is 52.8 Å². The number of hydrogen-bond donors (Lipinski definition) is 1. The van der Waals surface area contributed by atoms with Crippen molar-refractivity contribution in [2.24, 2.45) is 0 Å². The lowest BCUT2D eigenvalue weighted by atomic mass is 10.1. The van der Waals surface area contributed by atoms with E-state index in [-0.39, 0.29) is 0 Å². The van der Waals surface area contributed by atoms with E-state index >= 15 is 0 Å². The standard InChI is InChI=1S/C25H29ClN4O2/c1-31-22-10-6-18(16-23(22)32-2)7-11-24-28-21-9-8-19(26)17-20(21)25(29-24)27-12-15-30-13-4-3-5-14-30/h6-11,16-17H,3-5,12-15H2,1-2H3,(H,27,28,29)/b11-7+. The molecule has 0 atom stereocenters. The molecule has 1 saturated heterocycles. The Morgan fingerprint density at radius 3 is 2.56 bits per heavy atom. The van der Waals surface area contributed by atoms with Crippen molar-refractivity contribution in [2.45, 2.75) is 19.3 Å². The Morgan fingerprint density at radius 2 is 1.78 bits per heavy atom. The van der Waals surface area contributed by atoms with Gasteiger partial charge in [0.25, 0.3) is 0 Å². The number of anilines is 1. The average Bonchev–Trinajstić information content (AvgIpc) is 2.83. The average molecular weight is 453 g/mol. The van der Waals surface area contributed by atoms with Gasteiger partial charge in [-0.1, -0.05) is 30.2 Å². The molecule has 1 N–H and O–H groups in total. The van der Waals surface area contributed by atoms with E-state index in [2.05, 4.69) is 10.2 Å². The first kappa shape index (κ1) is 22.4. The second-order valence-electron chi connectivity index (χ2n) is 7.87. The van der Waals surface area contributed by atoms with Crippen molar-refractivity contribution in [2.75, 3.05) is 45.7 Å². The maximum atomic E-state index is 6.25. The number of likely N-dealkylation sites (tertiary alicyclic amines) is 1. The highest BCUT2D eigenvalue weighted by Gasteiger charge is 2.11. The Hall–Kier alpha value is -2.83. The molecule has 0 radical (unpaired) electrons. The summed E-state index contributed by atoms with van der Waals surface area (Å²) in [7, 11) is 3.26. The second kappa shape index (κ2) is 10.7. The third-order valence-corrected chi connectivity index (χ3v) is 5.91. The molecule has 1 aromatic heterocycles. The zero-order valence-electron chi connectivity index (χ0n) is 18.6. The number of methoxy groups -OCH3 is 2. The number of fused-ring (bicyclic) bond motifs is 1. The topological polar surface area (TPSA) is 59.5 Å². The molecule has 0 unspecified atom stereocenters. The summed E-state index contributed by atoms with van der Waals surface area (Å²) in [5, 5.41) is 5.12. The van der Waals surface area contributed by atoms with Gasteiger partial charge in [0, 0.05) is 23.5 Å². The Labute approximate surface area is 194 Å². The summed E-state index contributed by atoms with van der Waals surface area (Å²) in [4.78, 5) is 12.0. The molecule has 4 rings (SSSR count). The van der Waals surface area contributed by atoms with Gasteiger partial charge >= 0.3 is 0 Å². The summed E-state index contributed by atoms with van der Waals surface area (Å²) < 4.78 is 10.7. The molecule has 32 heavy (non-hydrogen) atoms. The Balaban J connectivity index is 1.56. The van der Waals surface area contributed by atoms with Crippen LogP contribution in [0.15, 0.2) is 36.4 Å². The smallest absolute Gasteiger partial charge is 0.161 e. The maximum absolute atomic E-state index is 6.25. The van der Waals surface area contributed by atoms with Crippen LogP contribution >= 0.6 is 11.6 Å². The van der Waals surface area contributed by atoms with Gasteiger partial charge in [0.2, 0.25) is 0 Å². The normalized spacial score (nSPS) is 14.7. The van der Waals surface area contributed by atoms with E-state index in [1.54, 1.807) is 14.2 Å². The molecule has 1 fully saturated rings. The SMILES string of the molecule is COc1ccc(/C=C/c2nc(NCCN3CCCCC3)c3cc(Cl)ccc3n2)cc1OC. The molecule has 0 saturated carbocycles. The van der Waals surface area contributed by atoms with Crippen LogP contribution in [0, 0.1) is 0 Å². The van der Waals surface area contributed by atoms with Crippen molar-refractivity contribution in [3.63, 3.8) is 0 Å². The number of rotatable bonds is 8. The second-order valence-corrected chi connectivity index (χ2v) is 8.31. The van der Waals surface area contributed by atoms with Crippen LogP contribution in [0.25, 0.3) is 23.1 Å². The molecule has 0 aliphatic carbocycles. The molecule has 0 amide bonds. The monoisotopic (exact) mass is 452 g/mol. The van der Waals surface area contributed by atoms with Gasteiger partial charge in [-0.2, -0.15) is 0 Å². The number of aromatic nitrogens is 2. The molecule has 3 aromatic rings. The summed E-state index contributed by atoms with van der Waals surface area (Å²) in [5.41, 5.74) is 1.83. The fraction of sp³-hybridized carbons (Fsp3) is 0.360. The van der Waals surface area contributed by atoms with Gasteiger partial charge in [-0.15, -0.1) is 0 Å². The molecule has 0 spiro atoms. The molecule has 7 heteroatoms. The van der Waals surface area contributed by atoms with E-state index in [1.807, 2.05) is 48.6 Å². The first-order valence-corrected chi connectivity index (χ1v) is 11.4. The van der Waals surface area contributed by atoms with Gasteiger partial charge in [-0.25, -0.2) is 9.97 Å². The lowest BCUT2D eigenvalue weighted by Crippen LogP contribution is -2.33. The highest BCUT2D eigenvalue weighted by Crippen LogP contribution is 2.29. The fourth-order valence-electron chi connectivity index (χ4n) is 3.97. The number of hydrogen-bond acceptors (Lipinski definition) is 6. The minimum absolute atomic E-state index is 0.634. The van der Waals surface area contributed by atoms with Gasteiger partial charge in [0.1, 0.15) is 5.82 Å². The lowest BCUT2D eigenvalue weighted by Gasteiger charge is -2.26. The third-order valence-electron chi connectivity index (χ3n) is 5.68. The first-order chi connectivity index (χ1) is 15.7. The zero-order valence-corrected chi connectivity index (χ0v) is 19.4. The van der Waals surface area contributed by atoms with Gasteiger partial charge in [0.15, 0.2) is 17.3 Å². The molecule has 1 aliphatic rings. The predicted molar refractivity (Wildman–Crippen MR) is 132 cm³/mol. The summed E-state index contributed by atoms with van der Waals surface area (Å²) in [5.74, 6) is 2.82. The van der Waals surface area contributed by atoms with Gasteiger partial charge < -0.3 is 19.7 Å². The lowest BCUT2D eigenvalue weighted by molar-refractivity contribution is 0.237. The van der Waals surface area contributed by atoms with Gasteiger partial charge in [0.05, 0.1) is 19.7 Å². The van der Waals surface area contributed by atoms with Crippen molar-refractivity contribution in [3.8, 4) is 11.5 Å². The van der Waals surface area contributed by atoms with Crippen molar-refractivity contribution in [1.29, 1.82) is 0 Å². The number of benzene rings is 2. The fourth-order valence-corrected chi connectivity index (χ4v) is 4.14. The van der Waals surface area contributed by atoms with E-state index in [0.29, 0.717) is 22.3 Å². The number of halogens is 1. The van der Waals surface area contributed by atoms with Crippen LogP contribution in [-0.2, 0) is 0 Å². The van der Waals surface area contributed by atoms with Crippen LogP contribution in [0.3, 0.4) is 0 Å². The Kier molecular flexibility index (Phi) is 7.45. The van der Waals surface area contributed by atoms with Crippen LogP contribution in [0.5, 0.6) is 11.5 Å². The number of ether oxygens (including phenoxy) is 2. The molecule has 1 aliphatic heterocycles. The predicted octanol–water partition coefficient (Wildman–Crippen LogP) is 5.37. The molecule has 168 valence electrons. The van der Waals surface area contributed by atoms with Gasteiger partial charge in [-0.05, 0) is 67.9 Å². The van der Waals surface area contributed by atoms with Crippen molar-refractivity contribution in [1.82, 2.24) is 14.9 Å². The quantitative estimate of drug-likeness (QED) is 0.496. The molecular formula is C25H29ClN4O2. The van der Waals surface area contributed by atoms with Crippen LogP contribution in [-0.4, -0.2) is 55.3 Å². The maximum Gasteiger partial charge on any atom is 0.161 e. The molecule has 2 aromatic carbocycles. The number of nitrogens with zero attached hydrogens (tertiary/aromatic N) is 3. The number of piperidine rings is 1. The number of nitrogens with one attached hydrogen (secondary N) is 1. The Morgan fingerprint density at radius 1 is 0.969 bits per heavy atom. The van der Waals surface area contributed by atoms with E-state index < -0.39 is 0 Å². The highest BCUT2D eigenvalue weighted by molar-refractivity contribution is 6.31. The highest BCUT2D eigenvalue weighted by atomic mass is 35.5. The molecule has 2 heterocycles. The summed E-state index contributed by atoms with van der Waals surface area (Å²) >= 11 is 6.25. The van der Waals surface area contributed by atoms with E-state index in [1.165, 1.54) is 32.4 Å². The summed E-state index contributed by atoms with van der Waals surface area (Å²) in [6.45, 7) is 4.19. The molecule has 0 bridgehead atoms. The molecule has 6 nitrogen and oxygen atoms in total. The first-order valence-electron chi connectivity index (χ1n) is 11.0. The minimum Gasteiger partial charge on any atom is -0.493 e. The minimum atomic E-state index is 0.634. The Bertz CT molecular complexity index is 1100. The largest absolute Gasteiger partial charge is 0.493 e. The van der Waals surface area contributed by atoms with E-state index in [9.17, 15) is 0 Å². The van der Waals surface area contributed by atoms with E-state index in [0.717, 1.165) is 35.4 Å². The molecular weight excluding hydrogens is 424 g/mol. The van der Waals surface area contributed by atoms with Crippen LogP contribution < -0.4 is 14.8 Å². The van der Waals surface area contributed by atoms with Gasteiger partial charge in [-0.3, -0.25) is 0 Å². The van der Waals surface area contributed by atoms with E-state index in [4.69, 9.17) is 31.0 Å². The van der Waals surface area contributed by atoms with Crippen molar-refractivity contribution < 1.29 is 9.47 Å². The van der Waals surface area contributed by atoms with Crippen LogP contribution in [0.1, 0.15) is 30.7 Å². The third kappa shape index (κ3) is 5.50.